The van der Waals surface area contributed by atoms with E-state index in [2.05, 4.69) is 29.5 Å². The Balaban J connectivity index is 1.52. The minimum Gasteiger partial charge on any atom is -0.441 e. The number of piperidine rings is 1. The first-order chi connectivity index (χ1) is 12.1. The van der Waals surface area contributed by atoms with Gasteiger partial charge in [-0.3, -0.25) is 4.79 Å². The van der Waals surface area contributed by atoms with E-state index in [9.17, 15) is 4.79 Å². The van der Waals surface area contributed by atoms with E-state index < -0.39 is 0 Å². The lowest BCUT2D eigenvalue weighted by molar-refractivity contribution is -0.116. The van der Waals surface area contributed by atoms with E-state index in [4.69, 9.17) is 4.42 Å². The number of carbonyl (C=O) groups is 1. The molecule has 25 heavy (non-hydrogen) atoms. The summed E-state index contributed by atoms with van der Waals surface area (Å²) in [6, 6.07) is 7.66. The third-order valence-corrected chi connectivity index (χ3v) is 4.75. The molecule has 1 saturated heterocycles. The smallest absolute Gasteiger partial charge is 0.226 e. The lowest BCUT2D eigenvalue weighted by atomic mass is 9.93. The number of nitrogens with zero attached hydrogens (tertiary/aromatic N) is 1. The van der Waals surface area contributed by atoms with Crippen molar-refractivity contribution in [3.05, 3.63) is 36.2 Å². The highest BCUT2D eigenvalue weighted by molar-refractivity contribution is 5.90. The van der Waals surface area contributed by atoms with Crippen LogP contribution in [0.3, 0.4) is 0 Å². The molecule has 2 heterocycles. The average molecular weight is 341 g/mol. The van der Waals surface area contributed by atoms with Crippen molar-refractivity contribution < 1.29 is 9.21 Å². The molecule has 1 aromatic heterocycles. The molecule has 134 valence electrons. The fourth-order valence-electron chi connectivity index (χ4n) is 3.11. The van der Waals surface area contributed by atoms with Crippen LogP contribution in [-0.2, 0) is 4.79 Å². The third-order valence-electron chi connectivity index (χ3n) is 4.75. The Labute approximate surface area is 149 Å². The Bertz CT molecular complexity index is 685. The van der Waals surface area contributed by atoms with Gasteiger partial charge < -0.3 is 15.1 Å². The number of aromatic nitrogens is 1. The van der Waals surface area contributed by atoms with E-state index in [1.165, 1.54) is 12.8 Å². The fraction of sp³-hybridized carbons (Fsp3) is 0.500. The number of hydrogen-bond donors (Lipinski definition) is 2. The molecule has 0 saturated carbocycles. The first-order valence-electron chi connectivity index (χ1n) is 9.18. The number of hydrogen-bond acceptors (Lipinski definition) is 4. The molecule has 0 aliphatic carbocycles. The lowest BCUT2D eigenvalue weighted by Crippen LogP contribution is -2.28. The van der Waals surface area contributed by atoms with Gasteiger partial charge in [-0.05, 0) is 62.5 Å². The Morgan fingerprint density at radius 1 is 1.28 bits per heavy atom. The van der Waals surface area contributed by atoms with Crippen molar-refractivity contribution in [2.24, 2.45) is 5.92 Å². The second-order valence-electron chi connectivity index (χ2n) is 7.08. The van der Waals surface area contributed by atoms with Crippen molar-refractivity contribution >= 4 is 11.6 Å². The highest BCUT2D eigenvalue weighted by Crippen LogP contribution is 2.24. The van der Waals surface area contributed by atoms with Gasteiger partial charge in [-0.25, -0.2) is 4.98 Å². The maximum Gasteiger partial charge on any atom is 0.226 e. The summed E-state index contributed by atoms with van der Waals surface area (Å²) >= 11 is 0. The van der Waals surface area contributed by atoms with Crippen LogP contribution in [0.5, 0.6) is 0 Å². The summed E-state index contributed by atoms with van der Waals surface area (Å²) < 4.78 is 5.75. The number of nitrogens with one attached hydrogen (secondary N) is 2. The molecule has 1 aromatic carbocycles. The van der Waals surface area contributed by atoms with Crippen LogP contribution < -0.4 is 10.6 Å². The van der Waals surface area contributed by atoms with Crippen molar-refractivity contribution in [2.75, 3.05) is 18.4 Å². The van der Waals surface area contributed by atoms with Crippen molar-refractivity contribution in [3.63, 3.8) is 0 Å². The maximum atomic E-state index is 12.1. The molecule has 0 unspecified atom stereocenters. The molecule has 2 aromatic rings. The summed E-state index contributed by atoms with van der Waals surface area (Å²) in [4.78, 5) is 16.5. The molecule has 0 bridgehead atoms. The SMILES string of the molecule is CC(C)c1cnc(-c2ccc(NC(=O)CCC3CCNCC3)cc2)o1. The van der Waals surface area contributed by atoms with E-state index >= 15 is 0 Å². The first kappa shape index (κ1) is 17.7. The first-order valence-corrected chi connectivity index (χ1v) is 9.18. The molecule has 5 heteroatoms. The van der Waals surface area contributed by atoms with E-state index in [0.29, 0.717) is 24.1 Å². The van der Waals surface area contributed by atoms with Crippen LogP contribution in [0.15, 0.2) is 34.9 Å². The number of carbonyl (C=O) groups excluding carboxylic acids is 1. The van der Waals surface area contributed by atoms with Gasteiger partial charge in [0.2, 0.25) is 11.8 Å². The van der Waals surface area contributed by atoms with Crippen molar-refractivity contribution in [3.8, 4) is 11.5 Å². The highest BCUT2D eigenvalue weighted by Gasteiger charge is 2.15. The summed E-state index contributed by atoms with van der Waals surface area (Å²) in [6.45, 7) is 6.31. The van der Waals surface area contributed by atoms with Gasteiger partial charge in [-0.15, -0.1) is 0 Å². The van der Waals surface area contributed by atoms with E-state index in [1.807, 2.05) is 24.3 Å². The molecule has 1 amide bonds. The second-order valence-corrected chi connectivity index (χ2v) is 7.08. The van der Waals surface area contributed by atoms with Gasteiger partial charge in [0, 0.05) is 23.6 Å². The number of benzene rings is 1. The quantitative estimate of drug-likeness (QED) is 0.827. The Morgan fingerprint density at radius 2 is 2.00 bits per heavy atom. The molecule has 3 rings (SSSR count). The summed E-state index contributed by atoms with van der Waals surface area (Å²) in [6.07, 6.45) is 5.69. The van der Waals surface area contributed by atoms with Crippen LogP contribution in [0.25, 0.3) is 11.5 Å². The van der Waals surface area contributed by atoms with E-state index in [-0.39, 0.29) is 5.91 Å². The summed E-state index contributed by atoms with van der Waals surface area (Å²) in [7, 11) is 0. The zero-order valence-electron chi connectivity index (χ0n) is 15.0. The van der Waals surface area contributed by atoms with Gasteiger partial charge in [0.05, 0.1) is 6.20 Å². The van der Waals surface area contributed by atoms with Crippen molar-refractivity contribution in [2.45, 2.75) is 45.4 Å². The molecule has 0 radical (unpaired) electrons. The summed E-state index contributed by atoms with van der Waals surface area (Å²) in [5.41, 5.74) is 1.73. The zero-order valence-corrected chi connectivity index (χ0v) is 15.0. The summed E-state index contributed by atoms with van der Waals surface area (Å²) in [5.74, 6) is 2.58. The van der Waals surface area contributed by atoms with Gasteiger partial charge in [0.1, 0.15) is 5.76 Å². The van der Waals surface area contributed by atoms with E-state index in [0.717, 1.165) is 36.5 Å². The molecule has 5 nitrogen and oxygen atoms in total. The maximum absolute atomic E-state index is 12.1. The number of anilines is 1. The minimum absolute atomic E-state index is 0.0875. The topological polar surface area (TPSA) is 67.2 Å². The highest BCUT2D eigenvalue weighted by atomic mass is 16.4. The molecular weight excluding hydrogens is 314 g/mol. The van der Waals surface area contributed by atoms with Crippen molar-refractivity contribution in [1.82, 2.24) is 10.3 Å². The van der Waals surface area contributed by atoms with Crippen LogP contribution >= 0.6 is 0 Å². The van der Waals surface area contributed by atoms with Crippen LogP contribution in [-0.4, -0.2) is 24.0 Å². The van der Waals surface area contributed by atoms with E-state index in [1.54, 1.807) is 6.20 Å². The molecule has 1 aliphatic heterocycles. The van der Waals surface area contributed by atoms with Gasteiger partial charge in [-0.1, -0.05) is 13.8 Å². The van der Waals surface area contributed by atoms with Gasteiger partial charge in [0.25, 0.3) is 0 Å². The zero-order chi connectivity index (χ0) is 17.6. The molecule has 1 aliphatic rings. The van der Waals surface area contributed by atoms with Gasteiger partial charge >= 0.3 is 0 Å². The predicted molar refractivity (Wildman–Crippen MR) is 99.5 cm³/mol. The molecular formula is C20H27N3O2. The Morgan fingerprint density at radius 3 is 2.64 bits per heavy atom. The number of rotatable bonds is 6. The van der Waals surface area contributed by atoms with Gasteiger partial charge in [-0.2, -0.15) is 0 Å². The fourth-order valence-corrected chi connectivity index (χ4v) is 3.11. The Kier molecular flexibility index (Phi) is 5.87. The molecule has 0 atom stereocenters. The molecule has 2 N–H and O–H groups in total. The van der Waals surface area contributed by atoms with Gasteiger partial charge in [0.15, 0.2) is 0 Å². The van der Waals surface area contributed by atoms with Crippen LogP contribution in [0.4, 0.5) is 5.69 Å². The van der Waals surface area contributed by atoms with Crippen LogP contribution in [0.1, 0.15) is 51.2 Å². The third kappa shape index (κ3) is 4.92. The van der Waals surface area contributed by atoms with Crippen molar-refractivity contribution in [1.29, 1.82) is 0 Å². The molecule has 0 spiro atoms. The summed E-state index contributed by atoms with van der Waals surface area (Å²) in [5, 5.41) is 6.33. The lowest BCUT2D eigenvalue weighted by Gasteiger charge is -2.22. The average Bonchev–Trinajstić information content (AvgIpc) is 3.12. The largest absolute Gasteiger partial charge is 0.441 e. The van der Waals surface area contributed by atoms with Crippen LogP contribution in [0, 0.1) is 5.92 Å². The predicted octanol–water partition coefficient (Wildman–Crippen LogP) is 4.18. The number of amides is 1. The Hall–Kier alpha value is -2.14. The minimum atomic E-state index is 0.0875. The number of oxazole rings is 1. The second kappa shape index (κ2) is 8.30. The standard InChI is InChI=1S/C20H27N3O2/c1-14(2)18-13-22-20(25-18)16-4-6-17(7-5-16)23-19(24)8-3-15-9-11-21-12-10-15/h4-7,13-15,21H,3,8-12H2,1-2H3,(H,23,24). The monoisotopic (exact) mass is 341 g/mol. The van der Waals surface area contributed by atoms with Crippen LogP contribution in [0.2, 0.25) is 0 Å². The molecule has 1 fully saturated rings. The normalized spacial score (nSPS) is 15.5.